The van der Waals surface area contributed by atoms with Crippen molar-refractivity contribution in [3.05, 3.63) is 28.8 Å². The standard InChI is InChI=1S/C15H18ClNO2/c16-13-7-11(3-4-14(13)17)15(18)19-8-12-6-9-1-2-10(12)5-9/h3-4,7,9-10,12H,1-2,5-6,8,17H2. The zero-order valence-corrected chi connectivity index (χ0v) is 11.5. The lowest BCUT2D eigenvalue weighted by Crippen LogP contribution is -2.19. The Labute approximate surface area is 118 Å². The lowest BCUT2D eigenvalue weighted by Gasteiger charge is -2.21. The minimum Gasteiger partial charge on any atom is -0.462 e. The average Bonchev–Trinajstić information content (AvgIpc) is 3.01. The molecule has 1 aromatic carbocycles. The van der Waals surface area contributed by atoms with Crippen LogP contribution in [0.15, 0.2) is 18.2 Å². The molecule has 0 spiro atoms. The molecule has 19 heavy (non-hydrogen) atoms. The zero-order chi connectivity index (χ0) is 13.4. The Hall–Kier alpha value is -1.22. The van der Waals surface area contributed by atoms with Gasteiger partial charge in [-0.25, -0.2) is 4.79 Å². The molecule has 1 aromatic rings. The molecule has 102 valence electrons. The number of hydrogen-bond donors (Lipinski definition) is 1. The Morgan fingerprint density at radius 2 is 2.21 bits per heavy atom. The second-order valence-electron chi connectivity index (χ2n) is 5.77. The third-order valence-electron chi connectivity index (χ3n) is 4.55. The van der Waals surface area contributed by atoms with Crippen LogP contribution in [0.2, 0.25) is 5.02 Å². The highest BCUT2D eigenvalue weighted by Gasteiger charge is 2.39. The number of anilines is 1. The summed E-state index contributed by atoms with van der Waals surface area (Å²) in [6, 6.07) is 4.86. The van der Waals surface area contributed by atoms with E-state index in [1.165, 1.54) is 25.7 Å². The Morgan fingerprint density at radius 1 is 1.37 bits per heavy atom. The van der Waals surface area contributed by atoms with Crippen LogP contribution in [0.3, 0.4) is 0 Å². The van der Waals surface area contributed by atoms with E-state index < -0.39 is 0 Å². The van der Waals surface area contributed by atoms with Crippen LogP contribution in [-0.4, -0.2) is 12.6 Å². The monoisotopic (exact) mass is 279 g/mol. The first kappa shape index (κ1) is 12.8. The number of carbonyl (C=O) groups excluding carboxylic acids is 1. The summed E-state index contributed by atoms with van der Waals surface area (Å²) in [5, 5.41) is 0.398. The van der Waals surface area contributed by atoms with Crippen LogP contribution < -0.4 is 5.73 Å². The molecule has 3 rings (SSSR count). The Kier molecular flexibility index (Phi) is 3.40. The van der Waals surface area contributed by atoms with Gasteiger partial charge in [0.05, 0.1) is 22.9 Å². The van der Waals surface area contributed by atoms with Crippen molar-refractivity contribution in [1.29, 1.82) is 0 Å². The van der Waals surface area contributed by atoms with Crippen LogP contribution in [0, 0.1) is 17.8 Å². The van der Waals surface area contributed by atoms with Crippen molar-refractivity contribution in [1.82, 2.24) is 0 Å². The van der Waals surface area contributed by atoms with Gasteiger partial charge in [0, 0.05) is 0 Å². The zero-order valence-electron chi connectivity index (χ0n) is 10.8. The summed E-state index contributed by atoms with van der Waals surface area (Å²) in [5.41, 5.74) is 6.57. The molecule has 2 aliphatic rings. The van der Waals surface area contributed by atoms with E-state index >= 15 is 0 Å². The number of carbonyl (C=O) groups is 1. The van der Waals surface area contributed by atoms with E-state index in [9.17, 15) is 4.79 Å². The number of esters is 1. The molecule has 0 saturated heterocycles. The van der Waals surface area contributed by atoms with Gasteiger partial charge in [0.15, 0.2) is 0 Å². The Bertz CT molecular complexity index is 503. The van der Waals surface area contributed by atoms with Crippen LogP contribution in [-0.2, 0) is 4.74 Å². The molecule has 2 bridgehead atoms. The van der Waals surface area contributed by atoms with E-state index in [1.54, 1.807) is 18.2 Å². The molecule has 2 aliphatic carbocycles. The summed E-state index contributed by atoms with van der Waals surface area (Å²) in [6.45, 7) is 0.544. The molecule has 2 saturated carbocycles. The van der Waals surface area contributed by atoms with Crippen molar-refractivity contribution in [3.63, 3.8) is 0 Å². The van der Waals surface area contributed by atoms with Gasteiger partial charge in [-0.3, -0.25) is 0 Å². The predicted octanol–water partition coefficient (Wildman–Crippen LogP) is 3.52. The SMILES string of the molecule is Nc1ccc(C(=O)OCC2CC3CCC2C3)cc1Cl. The van der Waals surface area contributed by atoms with Gasteiger partial charge in [-0.1, -0.05) is 18.0 Å². The molecular weight excluding hydrogens is 262 g/mol. The third-order valence-corrected chi connectivity index (χ3v) is 4.88. The summed E-state index contributed by atoms with van der Waals surface area (Å²) in [7, 11) is 0. The summed E-state index contributed by atoms with van der Waals surface area (Å²) >= 11 is 5.90. The van der Waals surface area contributed by atoms with Crippen LogP contribution in [0.25, 0.3) is 0 Å². The minimum absolute atomic E-state index is 0.301. The molecule has 2 fully saturated rings. The van der Waals surface area contributed by atoms with Crippen molar-refractivity contribution in [2.75, 3.05) is 12.3 Å². The summed E-state index contributed by atoms with van der Waals surface area (Å²) < 4.78 is 5.42. The smallest absolute Gasteiger partial charge is 0.338 e. The number of nitrogen functional groups attached to an aromatic ring is 1. The molecule has 2 N–H and O–H groups in total. The average molecular weight is 280 g/mol. The van der Waals surface area contributed by atoms with Crippen molar-refractivity contribution in [2.45, 2.75) is 25.7 Å². The number of nitrogens with two attached hydrogens (primary N) is 1. The molecule has 4 heteroatoms. The highest BCUT2D eigenvalue weighted by Crippen LogP contribution is 2.48. The largest absolute Gasteiger partial charge is 0.462 e. The van der Waals surface area contributed by atoms with Gasteiger partial charge in [-0.2, -0.15) is 0 Å². The Balaban J connectivity index is 1.57. The quantitative estimate of drug-likeness (QED) is 0.680. The first-order valence-electron chi connectivity index (χ1n) is 6.85. The molecule has 0 aromatic heterocycles. The van der Waals surface area contributed by atoms with Crippen molar-refractivity contribution < 1.29 is 9.53 Å². The molecule has 0 heterocycles. The Morgan fingerprint density at radius 3 is 2.84 bits per heavy atom. The summed E-state index contributed by atoms with van der Waals surface area (Å²) in [6.07, 6.45) is 5.22. The second-order valence-corrected chi connectivity index (χ2v) is 6.18. The van der Waals surface area contributed by atoms with Gasteiger partial charge >= 0.3 is 5.97 Å². The summed E-state index contributed by atoms with van der Waals surface area (Å²) in [4.78, 5) is 11.9. The van der Waals surface area contributed by atoms with Gasteiger partial charge < -0.3 is 10.5 Å². The minimum atomic E-state index is -0.301. The van der Waals surface area contributed by atoms with Crippen molar-refractivity contribution in [3.8, 4) is 0 Å². The second kappa shape index (κ2) is 5.04. The molecule has 0 radical (unpaired) electrons. The van der Waals surface area contributed by atoms with Crippen LogP contribution in [0.4, 0.5) is 5.69 Å². The van der Waals surface area contributed by atoms with E-state index in [2.05, 4.69) is 0 Å². The van der Waals surface area contributed by atoms with Crippen molar-refractivity contribution in [2.24, 2.45) is 17.8 Å². The molecular formula is C15H18ClNO2. The number of halogens is 1. The first-order chi connectivity index (χ1) is 9.13. The highest BCUT2D eigenvalue weighted by molar-refractivity contribution is 6.33. The molecule has 0 amide bonds. The van der Waals surface area contributed by atoms with Crippen LogP contribution in [0.1, 0.15) is 36.0 Å². The number of benzene rings is 1. The topological polar surface area (TPSA) is 52.3 Å². The van der Waals surface area contributed by atoms with E-state index in [1.807, 2.05) is 0 Å². The number of hydrogen-bond acceptors (Lipinski definition) is 3. The highest BCUT2D eigenvalue weighted by atomic mass is 35.5. The summed E-state index contributed by atoms with van der Waals surface area (Å²) in [5.74, 6) is 1.91. The number of ether oxygens (including phenoxy) is 1. The third kappa shape index (κ3) is 2.57. The van der Waals surface area contributed by atoms with E-state index in [4.69, 9.17) is 22.1 Å². The fraction of sp³-hybridized carbons (Fsp3) is 0.533. The van der Waals surface area contributed by atoms with Crippen LogP contribution in [0.5, 0.6) is 0 Å². The molecule has 3 atom stereocenters. The van der Waals surface area contributed by atoms with Gasteiger partial charge in [-0.15, -0.1) is 0 Å². The maximum absolute atomic E-state index is 11.9. The van der Waals surface area contributed by atoms with E-state index in [0.717, 1.165) is 11.8 Å². The van der Waals surface area contributed by atoms with E-state index in [0.29, 0.717) is 28.8 Å². The van der Waals surface area contributed by atoms with Gasteiger partial charge in [0.1, 0.15) is 0 Å². The lowest BCUT2D eigenvalue weighted by molar-refractivity contribution is 0.0394. The first-order valence-corrected chi connectivity index (χ1v) is 7.23. The fourth-order valence-electron chi connectivity index (χ4n) is 3.50. The predicted molar refractivity (Wildman–Crippen MR) is 75.1 cm³/mol. The van der Waals surface area contributed by atoms with Crippen molar-refractivity contribution >= 4 is 23.3 Å². The maximum Gasteiger partial charge on any atom is 0.338 e. The lowest BCUT2D eigenvalue weighted by atomic mass is 9.89. The maximum atomic E-state index is 11.9. The van der Waals surface area contributed by atoms with Gasteiger partial charge in [-0.05, 0) is 55.2 Å². The number of fused-ring (bicyclic) bond motifs is 2. The van der Waals surface area contributed by atoms with Crippen LogP contribution >= 0.6 is 11.6 Å². The van der Waals surface area contributed by atoms with E-state index in [-0.39, 0.29) is 5.97 Å². The molecule has 0 aliphatic heterocycles. The fourth-order valence-corrected chi connectivity index (χ4v) is 3.68. The molecule has 3 nitrogen and oxygen atoms in total. The van der Waals surface area contributed by atoms with Gasteiger partial charge in [0.25, 0.3) is 0 Å². The van der Waals surface area contributed by atoms with Gasteiger partial charge in [0.2, 0.25) is 0 Å². The number of rotatable bonds is 3. The normalized spacial score (nSPS) is 28.6. The molecule has 3 unspecified atom stereocenters.